The Morgan fingerprint density at radius 1 is 0.892 bits per heavy atom. The number of nitrogens with two attached hydrogens (primary N) is 3. The second kappa shape index (κ2) is 29.8. The zero-order valence-corrected chi connectivity index (χ0v) is 53.7. The Morgan fingerprint density at radius 2 is 1.54 bits per heavy atom. The number of anilines is 2. The number of aromatic amines is 1. The highest BCUT2D eigenvalue weighted by molar-refractivity contribution is 8.07. The van der Waals surface area contributed by atoms with Crippen molar-refractivity contribution in [3.63, 3.8) is 0 Å². The number of benzene rings is 1. The smallest absolute Gasteiger partial charge is 0.445 e. The molecule has 9 rings (SSSR count). The summed E-state index contributed by atoms with van der Waals surface area (Å²) in [5.41, 5.74) is 17.1. The van der Waals surface area contributed by atoms with Crippen molar-refractivity contribution in [1.82, 2.24) is 59.5 Å². The SMILES string of the molecule is CC1CC(=O)N(CCC(=O)C[C@H](C(=O)N[C@@H](CCCNC(N)=O)C(=O)Cc2ccc(COC(=O)N(C)CCOC(=O)O[C@@H]3[C@@H]4OP(O)(=S)OC[C@H]5O[C@@H](n6cnc7c(N)ncnc76)[C@H](F)[C@@H]5OP(O)(=S)OC[C@H]4O[C@H]3n3cnc4c(=O)[nH]c(N)nc43)cc2)C(C)C)C1=O. The number of H-pyrrole nitrogens is 1. The highest BCUT2D eigenvalue weighted by Crippen LogP contribution is 2.55. The van der Waals surface area contributed by atoms with Gasteiger partial charge in [0.25, 0.3) is 5.56 Å². The summed E-state index contributed by atoms with van der Waals surface area (Å²) in [7, 11) is 1.35. The molecule has 5 aromatic rings. The highest BCUT2D eigenvalue weighted by atomic mass is 32.5. The van der Waals surface area contributed by atoms with E-state index in [-0.39, 0.29) is 128 Å². The molecule has 13 atom stereocenters. The van der Waals surface area contributed by atoms with Crippen LogP contribution in [0.2, 0.25) is 0 Å². The molecule has 4 aromatic heterocycles. The van der Waals surface area contributed by atoms with Gasteiger partial charge in [-0.3, -0.25) is 56.8 Å². The zero-order valence-electron chi connectivity index (χ0n) is 50.3. The lowest BCUT2D eigenvalue weighted by Gasteiger charge is -2.30. The first kappa shape index (κ1) is 69.7. The number of ether oxygens (including phenoxy) is 5. The van der Waals surface area contributed by atoms with Gasteiger partial charge in [0, 0.05) is 57.7 Å². The summed E-state index contributed by atoms with van der Waals surface area (Å²) in [5, 5.41) is 5.25. The van der Waals surface area contributed by atoms with E-state index in [0.29, 0.717) is 11.1 Å². The fraction of sp³-hybridized carbons (Fsp3) is 0.547. The molecule has 0 radical (unpaired) electrons. The number of likely N-dealkylation sites (N-methyl/N-ethyl adjacent to an activating group) is 1. The maximum Gasteiger partial charge on any atom is 0.508 e. The Labute approximate surface area is 537 Å². The number of carbonyl (C=O) groups is 8. The van der Waals surface area contributed by atoms with E-state index in [1.54, 1.807) is 45.0 Å². The molecule has 4 aliphatic heterocycles. The van der Waals surface area contributed by atoms with Crippen LogP contribution in [0.5, 0.6) is 0 Å². The molecule has 8 heterocycles. The van der Waals surface area contributed by atoms with Crippen LogP contribution in [-0.4, -0.2) is 195 Å². The predicted octanol–water partition coefficient (Wildman–Crippen LogP) is 1.36. The van der Waals surface area contributed by atoms with Crippen LogP contribution in [0.1, 0.15) is 76.5 Å². The van der Waals surface area contributed by atoms with Crippen molar-refractivity contribution in [1.29, 1.82) is 0 Å². The minimum Gasteiger partial charge on any atom is -0.445 e. The largest absolute Gasteiger partial charge is 0.508 e. The first-order valence-electron chi connectivity index (χ1n) is 29.0. The number of hydrogen-bond acceptors (Lipinski definition) is 27. The molecule has 4 aliphatic rings. The standard InChI is InChI=1S/C53H68FN15O20P2S2/c1-25(2)30(18-29(70)11-13-67-35(72)16-26(3)47(67)75)45(73)63-31(6-5-12-58-51(57)76)32(71)17-27-7-9-28(10-8-27)19-82-52(77)66(4)14-15-81-53(78)87-41-40-34(86-49(41)69-24-62-38-44(69)64-50(56)65-46(38)74)21-84-90(79,92)88-39-33(20-83-91(80,93)89-40)85-48(36(39)54)68-23-61-37-42(55)59-22-60-43(37)68/h7-10,22-26,30-31,33-34,36,39-41,48-49H,5-6,11-21H2,1-4H3,(H,63,73)(H,79,92)(H,80,93)(H2,55,59,60)(H3,57,58,76)(H3,56,64,65,74)/t26?,30-,31-,33+,34+,36+,39+,40+,41+,48+,49+,90?,91?/m0/s1. The van der Waals surface area contributed by atoms with Gasteiger partial charge in [-0.1, -0.05) is 45.0 Å². The summed E-state index contributed by atoms with van der Waals surface area (Å²) in [6.07, 6.45) is -12.3. The third kappa shape index (κ3) is 17.0. The van der Waals surface area contributed by atoms with E-state index in [1.807, 2.05) is 0 Å². The summed E-state index contributed by atoms with van der Waals surface area (Å²) >= 11 is 10.8. The number of carbonyl (C=O) groups excluding carboxylic acids is 8. The number of fused-ring (bicyclic) bond motifs is 4. The Morgan fingerprint density at radius 3 is 2.20 bits per heavy atom. The number of Topliss-reactive ketones (excluding diaryl/α,β-unsaturated/α-hetero) is 2. The number of urea groups is 1. The topological polar surface area (TPSA) is 476 Å². The van der Waals surface area contributed by atoms with Gasteiger partial charge in [-0.15, -0.1) is 0 Å². The summed E-state index contributed by atoms with van der Waals surface area (Å²) in [5.74, 6) is -3.96. The molecule has 4 saturated heterocycles. The van der Waals surface area contributed by atoms with Gasteiger partial charge in [0.05, 0.1) is 38.5 Å². The van der Waals surface area contributed by atoms with Gasteiger partial charge in [0.15, 0.2) is 53.1 Å². The van der Waals surface area contributed by atoms with Crippen molar-refractivity contribution >= 4 is 119 Å². The lowest BCUT2D eigenvalue weighted by atomic mass is 9.88. The van der Waals surface area contributed by atoms with Crippen LogP contribution in [0.3, 0.4) is 0 Å². The number of nitrogens with zero attached hydrogens (tertiary/aromatic N) is 9. The molecule has 0 bridgehead atoms. The predicted molar refractivity (Wildman–Crippen MR) is 326 cm³/mol. The number of imide groups is 1. The van der Waals surface area contributed by atoms with Gasteiger partial charge in [-0.05, 0) is 53.5 Å². The second-order valence-electron chi connectivity index (χ2n) is 22.5. The molecule has 0 saturated carbocycles. The fourth-order valence-corrected chi connectivity index (χ4v) is 13.5. The highest BCUT2D eigenvalue weighted by Gasteiger charge is 2.55. The number of likely N-dealkylation sites (tertiary alicyclic amines) is 1. The Balaban J connectivity index is 0.803. The number of ketones is 2. The van der Waals surface area contributed by atoms with Crippen molar-refractivity contribution in [3.05, 3.63) is 64.7 Å². The lowest BCUT2D eigenvalue weighted by Crippen LogP contribution is -2.46. The van der Waals surface area contributed by atoms with E-state index in [2.05, 4.69) is 40.5 Å². The number of rotatable bonds is 23. The van der Waals surface area contributed by atoms with Crippen molar-refractivity contribution < 1.29 is 94.3 Å². The molecule has 0 spiro atoms. The molecule has 40 heteroatoms. The minimum absolute atomic E-state index is 0.00500. The van der Waals surface area contributed by atoms with Crippen LogP contribution in [0, 0.1) is 17.8 Å². The lowest BCUT2D eigenvalue weighted by molar-refractivity contribution is -0.140. The van der Waals surface area contributed by atoms with Crippen LogP contribution < -0.4 is 33.4 Å². The molecule has 11 N–H and O–H groups in total. The average Bonchev–Trinajstić information content (AvgIpc) is 1.62. The first-order valence-corrected chi connectivity index (χ1v) is 34.2. The van der Waals surface area contributed by atoms with Gasteiger partial charge >= 0.3 is 31.7 Å². The van der Waals surface area contributed by atoms with E-state index in [9.17, 15) is 52.9 Å². The molecule has 93 heavy (non-hydrogen) atoms. The molecule has 6 amide bonds. The minimum atomic E-state index is -4.56. The number of nitrogen functional groups attached to an aromatic ring is 2. The number of primary amides is 1. The molecular formula is C53H68FN15O20P2S2. The van der Waals surface area contributed by atoms with Crippen molar-refractivity contribution in [2.75, 3.05) is 58.0 Å². The van der Waals surface area contributed by atoms with Crippen molar-refractivity contribution in [3.8, 4) is 0 Å². The van der Waals surface area contributed by atoms with E-state index < -0.39 is 130 Å². The fourth-order valence-electron chi connectivity index (χ4n) is 10.6. The third-order valence-corrected chi connectivity index (χ3v) is 18.7. The summed E-state index contributed by atoms with van der Waals surface area (Å²) < 4.78 is 70.9. The monoisotopic (exact) mass is 1380 g/mol. The first-order chi connectivity index (χ1) is 44.1. The molecule has 4 fully saturated rings. The Bertz CT molecular complexity index is 3810. The van der Waals surface area contributed by atoms with Crippen molar-refractivity contribution in [2.45, 2.75) is 121 Å². The van der Waals surface area contributed by atoms with Gasteiger partial charge in [-0.2, -0.15) is 4.98 Å². The Kier molecular flexibility index (Phi) is 22.3. The molecule has 0 aliphatic carbocycles. The number of halogens is 1. The molecule has 35 nitrogen and oxygen atoms in total. The van der Waals surface area contributed by atoms with Crippen LogP contribution in [-0.2, 0) is 102 Å². The second-order valence-corrected chi connectivity index (χ2v) is 28.1. The van der Waals surface area contributed by atoms with Crippen LogP contribution >= 0.6 is 13.4 Å². The third-order valence-electron chi connectivity index (χ3n) is 15.6. The van der Waals surface area contributed by atoms with E-state index in [1.165, 1.54) is 17.9 Å². The van der Waals surface area contributed by atoms with Crippen molar-refractivity contribution in [2.24, 2.45) is 23.5 Å². The van der Waals surface area contributed by atoms with Crippen LogP contribution in [0.15, 0.2) is 48.0 Å². The summed E-state index contributed by atoms with van der Waals surface area (Å²) in [4.78, 5) is 164. The van der Waals surface area contributed by atoms with Gasteiger partial charge < -0.3 is 75.3 Å². The van der Waals surface area contributed by atoms with E-state index in [4.69, 9.17) is 82.6 Å². The maximum atomic E-state index is 16.5. The van der Waals surface area contributed by atoms with Crippen LogP contribution in [0.25, 0.3) is 22.3 Å². The quantitative estimate of drug-likeness (QED) is 0.0198. The molecule has 3 unspecified atom stereocenters. The van der Waals surface area contributed by atoms with Gasteiger partial charge in [-0.25, -0.2) is 38.7 Å². The number of aromatic nitrogens is 8. The van der Waals surface area contributed by atoms with E-state index in [0.717, 1.165) is 27.0 Å². The number of amides is 6. The molecular weight excluding hydrogens is 1310 g/mol. The number of alkyl halides is 1. The maximum absolute atomic E-state index is 16.5. The number of imidazole rings is 2. The summed E-state index contributed by atoms with van der Waals surface area (Å²) in [6.45, 7) is -6.42. The zero-order chi connectivity index (χ0) is 67.2. The number of hydrogen-bond donors (Lipinski definition) is 8. The van der Waals surface area contributed by atoms with Gasteiger partial charge in [0.1, 0.15) is 55.3 Å². The Hall–Kier alpha value is -7.61. The molecule has 1 aromatic carbocycles. The molecule has 504 valence electrons. The van der Waals surface area contributed by atoms with Crippen LogP contribution in [0.4, 0.5) is 30.5 Å². The normalized spacial score (nSPS) is 26.4. The van der Waals surface area contributed by atoms with Gasteiger partial charge in [0.2, 0.25) is 23.7 Å². The average molecular weight is 1380 g/mol. The summed E-state index contributed by atoms with van der Waals surface area (Å²) in [6, 6.07) is 4.68. The van der Waals surface area contributed by atoms with E-state index >= 15 is 4.39 Å². The number of nitrogens with one attached hydrogen (secondary N) is 3.